The molecule has 110 valence electrons. The molecule has 1 saturated heterocycles. The Morgan fingerprint density at radius 2 is 1.95 bits per heavy atom. The van der Waals surface area contributed by atoms with E-state index in [4.69, 9.17) is 4.74 Å². The average Bonchev–Trinajstić information content (AvgIpc) is 3.09. The van der Waals surface area contributed by atoms with Gasteiger partial charge >= 0.3 is 0 Å². The molecule has 0 radical (unpaired) electrons. The van der Waals surface area contributed by atoms with Crippen LogP contribution in [0.15, 0.2) is 36.5 Å². The molecule has 1 aliphatic heterocycles. The maximum absolute atomic E-state index is 12.3. The van der Waals surface area contributed by atoms with Crippen molar-refractivity contribution in [3.05, 3.63) is 41.4 Å². The van der Waals surface area contributed by atoms with Crippen molar-refractivity contribution in [2.45, 2.75) is 0 Å². The summed E-state index contributed by atoms with van der Waals surface area (Å²) in [4.78, 5) is 17.1. The summed E-state index contributed by atoms with van der Waals surface area (Å²) < 4.78 is 9.39. The summed E-state index contributed by atoms with van der Waals surface area (Å²) in [6, 6.07) is 9.77. The van der Waals surface area contributed by atoms with E-state index in [1.807, 2.05) is 23.1 Å². The van der Waals surface area contributed by atoms with E-state index >= 15 is 0 Å². The number of piperazine rings is 1. The Hall–Kier alpha value is -2.08. The normalized spacial score (nSPS) is 15.1. The summed E-state index contributed by atoms with van der Waals surface area (Å²) in [7, 11) is 1.68. The summed E-state index contributed by atoms with van der Waals surface area (Å²) >= 11 is 1.25. The first-order valence-corrected chi connectivity index (χ1v) is 7.65. The van der Waals surface area contributed by atoms with E-state index in [9.17, 15) is 4.79 Å². The molecular formula is C15H17N3O2S. The number of aromatic nitrogens is 1. The van der Waals surface area contributed by atoms with Gasteiger partial charge < -0.3 is 14.5 Å². The van der Waals surface area contributed by atoms with Crippen molar-refractivity contribution < 1.29 is 9.53 Å². The van der Waals surface area contributed by atoms with E-state index in [0.29, 0.717) is 4.88 Å². The lowest BCUT2D eigenvalue weighted by Crippen LogP contribution is -2.48. The van der Waals surface area contributed by atoms with Crippen LogP contribution in [-0.4, -0.2) is 48.5 Å². The van der Waals surface area contributed by atoms with Crippen LogP contribution in [-0.2, 0) is 0 Å². The second-order valence-electron chi connectivity index (χ2n) is 4.83. The van der Waals surface area contributed by atoms with E-state index in [1.165, 1.54) is 11.5 Å². The molecule has 0 bridgehead atoms. The third-order valence-electron chi connectivity index (χ3n) is 3.64. The molecule has 1 fully saturated rings. The third-order valence-corrected chi connectivity index (χ3v) is 4.38. The number of methoxy groups -OCH3 is 1. The monoisotopic (exact) mass is 303 g/mol. The van der Waals surface area contributed by atoms with E-state index in [0.717, 1.165) is 37.6 Å². The lowest BCUT2D eigenvalue weighted by atomic mass is 10.2. The Kier molecular flexibility index (Phi) is 4.06. The predicted octanol–water partition coefficient (Wildman–Crippen LogP) is 2.11. The Labute approximate surface area is 127 Å². The van der Waals surface area contributed by atoms with Gasteiger partial charge in [-0.05, 0) is 29.7 Å². The van der Waals surface area contributed by atoms with Gasteiger partial charge in [0.2, 0.25) is 0 Å². The number of carbonyl (C=O) groups is 1. The second-order valence-corrected chi connectivity index (χ2v) is 5.66. The van der Waals surface area contributed by atoms with Crippen LogP contribution in [0.2, 0.25) is 0 Å². The quantitative estimate of drug-likeness (QED) is 0.871. The average molecular weight is 303 g/mol. The Balaban J connectivity index is 1.66. The third kappa shape index (κ3) is 2.85. The van der Waals surface area contributed by atoms with Gasteiger partial charge in [-0.25, -0.2) is 4.37 Å². The zero-order valence-corrected chi connectivity index (χ0v) is 12.7. The Bertz CT molecular complexity index is 607. The number of para-hydroxylation sites is 2. The van der Waals surface area contributed by atoms with Gasteiger partial charge in [-0.1, -0.05) is 12.1 Å². The first-order valence-electron chi connectivity index (χ1n) is 6.87. The molecule has 6 heteroatoms. The first kappa shape index (κ1) is 13.9. The van der Waals surface area contributed by atoms with Crippen LogP contribution in [0.1, 0.15) is 9.67 Å². The minimum Gasteiger partial charge on any atom is -0.495 e. The molecule has 1 amide bonds. The number of ether oxygens (including phenoxy) is 1. The van der Waals surface area contributed by atoms with Gasteiger partial charge in [0.25, 0.3) is 5.91 Å². The zero-order valence-electron chi connectivity index (χ0n) is 11.9. The molecule has 0 saturated carbocycles. The fourth-order valence-electron chi connectivity index (χ4n) is 2.52. The molecule has 3 rings (SSSR count). The van der Waals surface area contributed by atoms with Crippen LogP contribution in [0.4, 0.5) is 5.69 Å². The van der Waals surface area contributed by atoms with Crippen LogP contribution >= 0.6 is 11.5 Å². The summed E-state index contributed by atoms with van der Waals surface area (Å²) in [5.74, 6) is 0.955. The molecule has 1 aliphatic rings. The summed E-state index contributed by atoms with van der Waals surface area (Å²) in [6.07, 6.45) is 1.67. The smallest absolute Gasteiger partial charge is 0.265 e. The van der Waals surface area contributed by atoms with Crippen LogP contribution in [0.3, 0.4) is 0 Å². The SMILES string of the molecule is COc1ccccc1N1CCN(C(=O)c2ccns2)CC1. The van der Waals surface area contributed by atoms with Gasteiger partial charge in [0, 0.05) is 32.4 Å². The second kappa shape index (κ2) is 6.13. The number of anilines is 1. The Morgan fingerprint density at radius 3 is 2.62 bits per heavy atom. The highest BCUT2D eigenvalue weighted by molar-refractivity contribution is 7.08. The van der Waals surface area contributed by atoms with Crippen molar-refractivity contribution in [3.63, 3.8) is 0 Å². The largest absolute Gasteiger partial charge is 0.495 e. The molecule has 0 spiro atoms. The summed E-state index contributed by atoms with van der Waals surface area (Å²) in [5.41, 5.74) is 1.09. The summed E-state index contributed by atoms with van der Waals surface area (Å²) in [5, 5.41) is 0. The van der Waals surface area contributed by atoms with Gasteiger partial charge in [0.1, 0.15) is 10.6 Å². The van der Waals surface area contributed by atoms with Crippen LogP contribution in [0, 0.1) is 0 Å². The van der Waals surface area contributed by atoms with Crippen molar-refractivity contribution in [2.75, 3.05) is 38.2 Å². The lowest BCUT2D eigenvalue weighted by Gasteiger charge is -2.36. The fraction of sp³-hybridized carbons (Fsp3) is 0.333. The molecule has 0 aliphatic carbocycles. The molecule has 1 aromatic heterocycles. The lowest BCUT2D eigenvalue weighted by molar-refractivity contribution is 0.0751. The molecule has 0 unspecified atom stereocenters. The topological polar surface area (TPSA) is 45.7 Å². The number of hydrogen-bond donors (Lipinski definition) is 0. The van der Waals surface area contributed by atoms with Gasteiger partial charge in [0.15, 0.2) is 0 Å². The van der Waals surface area contributed by atoms with Gasteiger partial charge in [-0.3, -0.25) is 4.79 Å². The molecule has 21 heavy (non-hydrogen) atoms. The van der Waals surface area contributed by atoms with Gasteiger partial charge in [-0.15, -0.1) is 0 Å². The molecule has 0 atom stereocenters. The highest BCUT2D eigenvalue weighted by Gasteiger charge is 2.24. The zero-order chi connectivity index (χ0) is 14.7. The molecule has 2 heterocycles. The highest BCUT2D eigenvalue weighted by atomic mass is 32.1. The number of benzene rings is 1. The van der Waals surface area contributed by atoms with Gasteiger partial charge in [0.05, 0.1) is 12.8 Å². The van der Waals surface area contributed by atoms with E-state index < -0.39 is 0 Å². The molecular weight excluding hydrogens is 286 g/mol. The molecule has 5 nitrogen and oxygen atoms in total. The van der Waals surface area contributed by atoms with Crippen LogP contribution in [0.25, 0.3) is 0 Å². The van der Waals surface area contributed by atoms with Crippen molar-refractivity contribution in [3.8, 4) is 5.75 Å². The highest BCUT2D eigenvalue weighted by Crippen LogP contribution is 2.28. The molecule has 1 aromatic carbocycles. The minimum atomic E-state index is 0.0807. The molecule has 2 aromatic rings. The van der Waals surface area contributed by atoms with Crippen molar-refractivity contribution in [2.24, 2.45) is 0 Å². The maximum Gasteiger partial charge on any atom is 0.265 e. The van der Waals surface area contributed by atoms with Crippen LogP contribution in [0.5, 0.6) is 5.75 Å². The fourth-order valence-corrected chi connectivity index (χ4v) is 3.09. The number of carbonyl (C=O) groups excluding carboxylic acids is 1. The van der Waals surface area contributed by atoms with Crippen molar-refractivity contribution in [1.82, 2.24) is 9.27 Å². The number of rotatable bonds is 3. The standard InChI is InChI=1S/C15H17N3O2S/c1-20-13-5-3-2-4-12(13)17-8-10-18(11-9-17)15(19)14-6-7-16-21-14/h2-7H,8-11H2,1H3. The van der Waals surface area contributed by atoms with Gasteiger partial charge in [-0.2, -0.15) is 0 Å². The van der Waals surface area contributed by atoms with E-state index in [1.54, 1.807) is 19.4 Å². The van der Waals surface area contributed by atoms with Crippen molar-refractivity contribution in [1.29, 1.82) is 0 Å². The predicted molar refractivity (Wildman–Crippen MR) is 83.2 cm³/mol. The number of amides is 1. The maximum atomic E-state index is 12.3. The first-order chi connectivity index (χ1) is 10.3. The number of hydrogen-bond acceptors (Lipinski definition) is 5. The summed E-state index contributed by atoms with van der Waals surface area (Å²) in [6.45, 7) is 3.05. The molecule has 0 N–H and O–H groups in total. The van der Waals surface area contributed by atoms with Crippen LogP contribution < -0.4 is 9.64 Å². The van der Waals surface area contributed by atoms with E-state index in [2.05, 4.69) is 15.3 Å². The van der Waals surface area contributed by atoms with Crippen molar-refractivity contribution >= 4 is 23.1 Å². The van der Waals surface area contributed by atoms with E-state index in [-0.39, 0.29) is 5.91 Å². The number of nitrogens with zero attached hydrogens (tertiary/aromatic N) is 3. The minimum absolute atomic E-state index is 0.0807. The Morgan fingerprint density at radius 1 is 1.19 bits per heavy atom.